The Morgan fingerprint density at radius 3 is 2.26 bits per heavy atom. The van der Waals surface area contributed by atoms with Crippen LogP contribution in [0, 0.1) is 17.3 Å². The fraction of sp³-hybridized carbons (Fsp3) is 0.682. The minimum atomic E-state index is -0.0428. The maximum atomic E-state index is 12.8. The van der Waals surface area contributed by atoms with Crippen molar-refractivity contribution < 1.29 is 4.79 Å². The Hall–Kier alpha value is -1.26. The van der Waals surface area contributed by atoms with Crippen molar-refractivity contribution in [3.05, 3.63) is 30.3 Å². The summed E-state index contributed by atoms with van der Waals surface area (Å²) in [4.78, 5) is 17.5. The molecule has 27 heavy (non-hydrogen) atoms. The number of hydrogen-bond acceptors (Lipinski definition) is 3. The van der Waals surface area contributed by atoms with E-state index in [4.69, 9.17) is 0 Å². The number of amides is 1. The first-order valence-corrected chi connectivity index (χ1v) is 10.2. The average Bonchev–Trinajstić information content (AvgIpc) is 3.19. The number of carbonyl (C=O) groups is 1. The summed E-state index contributed by atoms with van der Waals surface area (Å²) in [5, 5.41) is 3.47. The molecule has 0 aromatic heterocycles. The molecule has 1 heterocycles. The third-order valence-electron chi connectivity index (χ3n) is 7.87. The smallest absolute Gasteiger partial charge is 0.234 e. The maximum absolute atomic E-state index is 12.8. The highest BCUT2D eigenvalue weighted by Gasteiger charge is 2.60. The molecule has 3 aliphatic rings. The first-order chi connectivity index (χ1) is 12.4. The lowest BCUT2D eigenvalue weighted by Crippen LogP contribution is -2.61. The number of carbonyl (C=O) groups excluding carboxylic acids is 1. The first kappa shape index (κ1) is 20.5. The topological polar surface area (TPSA) is 35.6 Å². The highest BCUT2D eigenvalue weighted by atomic mass is 35.5. The van der Waals surface area contributed by atoms with Gasteiger partial charge in [-0.25, -0.2) is 0 Å². The zero-order chi connectivity index (χ0) is 18.4. The molecule has 2 saturated carbocycles. The largest absolute Gasteiger partial charge is 0.369 e. The summed E-state index contributed by atoms with van der Waals surface area (Å²) in [5.74, 6) is 1.63. The van der Waals surface area contributed by atoms with Gasteiger partial charge < -0.3 is 10.2 Å². The number of anilines is 1. The van der Waals surface area contributed by atoms with E-state index in [1.807, 2.05) is 0 Å². The zero-order valence-electron chi connectivity index (χ0n) is 16.9. The van der Waals surface area contributed by atoms with Crippen LogP contribution in [0.15, 0.2) is 30.3 Å². The highest BCUT2D eigenvalue weighted by Crippen LogP contribution is 2.61. The van der Waals surface area contributed by atoms with Gasteiger partial charge >= 0.3 is 0 Å². The molecular weight excluding hydrogens is 358 g/mol. The van der Waals surface area contributed by atoms with Crippen molar-refractivity contribution in [1.29, 1.82) is 0 Å². The predicted molar refractivity (Wildman–Crippen MR) is 114 cm³/mol. The van der Waals surface area contributed by atoms with Gasteiger partial charge in [-0.15, -0.1) is 12.4 Å². The van der Waals surface area contributed by atoms with Crippen molar-refractivity contribution in [1.82, 2.24) is 10.2 Å². The van der Waals surface area contributed by atoms with Gasteiger partial charge in [0.2, 0.25) is 5.91 Å². The number of piperazine rings is 1. The second-order valence-corrected chi connectivity index (χ2v) is 9.28. The second-order valence-electron chi connectivity index (χ2n) is 9.28. The van der Waals surface area contributed by atoms with Crippen LogP contribution in [0.1, 0.15) is 40.0 Å². The number of nitrogens with zero attached hydrogens (tertiary/aromatic N) is 2. The van der Waals surface area contributed by atoms with Gasteiger partial charge in [0.15, 0.2) is 0 Å². The van der Waals surface area contributed by atoms with E-state index >= 15 is 0 Å². The Morgan fingerprint density at radius 2 is 1.67 bits per heavy atom. The highest BCUT2D eigenvalue weighted by molar-refractivity contribution is 5.85. The molecule has 0 radical (unpaired) electrons. The van der Waals surface area contributed by atoms with E-state index in [9.17, 15) is 4.79 Å². The molecule has 150 valence electrons. The number of halogens is 1. The number of nitrogens with one attached hydrogen (secondary N) is 1. The summed E-state index contributed by atoms with van der Waals surface area (Å²) < 4.78 is 0. The summed E-state index contributed by atoms with van der Waals surface area (Å²) in [6.07, 6.45) is 3.91. The molecule has 4 rings (SSSR count). The SMILES string of the molecule is CC1(C)C2CCC(C2)C1(C)NC(=O)CN1CCN(c2ccccc2)CC1.Cl. The monoisotopic (exact) mass is 391 g/mol. The van der Waals surface area contributed by atoms with E-state index in [-0.39, 0.29) is 29.3 Å². The number of fused-ring (bicyclic) bond motifs is 2. The molecule has 2 bridgehead atoms. The van der Waals surface area contributed by atoms with E-state index in [0.717, 1.165) is 32.1 Å². The molecule has 4 nitrogen and oxygen atoms in total. The van der Waals surface area contributed by atoms with E-state index in [0.29, 0.717) is 12.5 Å². The Labute approximate surface area is 170 Å². The van der Waals surface area contributed by atoms with Crippen molar-refractivity contribution in [2.75, 3.05) is 37.6 Å². The molecule has 3 unspecified atom stereocenters. The molecule has 2 aliphatic carbocycles. The van der Waals surface area contributed by atoms with Crippen molar-refractivity contribution in [3.8, 4) is 0 Å². The Bertz CT molecular complexity index is 657. The molecule has 1 aromatic carbocycles. The molecule has 1 amide bonds. The fourth-order valence-corrected chi connectivity index (χ4v) is 5.71. The third kappa shape index (κ3) is 3.58. The van der Waals surface area contributed by atoms with Gasteiger partial charge in [-0.05, 0) is 55.6 Å². The molecule has 1 aromatic rings. The first-order valence-electron chi connectivity index (χ1n) is 10.2. The van der Waals surface area contributed by atoms with Crippen molar-refractivity contribution in [2.24, 2.45) is 17.3 Å². The van der Waals surface area contributed by atoms with Crippen molar-refractivity contribution in [3.63, 3.8) is 0 Å². The van der Waals surface area contributed by atoms with Gasteiger partial charge in [-0.1, -0.05) is 32.0 Å². The molecular formula is C22H34ClN3O. The predicted octanol–water partition coefficient (Wildman–Crippen LogP) is 3.56. The number of benzene rings is 1. The van der Waals surface area contributed by atoms with Crippen LogP contribution < -0.4 is 10.2 Å². The molecule has 1 aliphatic heterocycles. The fourth-order valence-electron chi connectivity index (χ4n) is 5.71. The third-order valence-corrected chi connectivity index (χ3v) is 7.87. The van der Waals surface area contributed by atoms with Crippen LogP contribution in [0.4, 0.5) is 5.69 Å². The lowest BCUT2D eigenvalue weighted by atomic mass is 9.64. The molecule has 1 N–H and O–H groups in total. The van der Waals surface area contributed by atoms with Crippen LogP contribution in [-0.2, 0) is 4.79 Å². The van der Waals surface area contributed by atoms with Crippen LogP contribution in [0.5, 0.6) is 0 Å². The van der Waals surface area contributed by atoms with E-state index in [1.165, 1.54) is 24.9 Å². The van der Waals surface area contributed by atoms with E-state index in [1.54, 1.807) is 0 Å². The van der Waals surface area contributed by atoms with Gasteiger partial charge in [0.25, 0.3) is 0 Å². The maximum Gasteiger partial charge on any atom is 0.234 e. The summed E-state index contributed by atoms with van der Waals surface area (Å²) in [5.41, 5.74) is 1.45. The van der Waals surface area contributed by atoms with Crippen molar-refractivity contribution in [2.45, 2.75) is 45.6 Å². The summed E-state index contributed by atoms with van der Waals surface area (Å²) >= 11 is 0. The standard InChI is InChI=1S/C22H33N3O.ClH/c1-21(2)17-9-10-18(15-17)22(21,3)23-20(26)16-24-11-13-25(14-12-24)19-7-5-4-6-8-19;/h4-8,17-18H,9-16H2,1-3H3,(H,23,26);1H. The number of rotatable bonds is 4. The van der Waals surface area contributed by atoms with Crippen LogP contribution in [0.25, 0.3) is 0 Å². The number of para-hydroxylation sites is 1. The van der Waals surface area contributed by atoms with E-state index < -0.39 is 0 Å². The minimum Gasteiger partial charge on any atom is -0.369 e. The lowest BCUT2D eigenvalue weighted by Gasteiger charge is -2.48. The summed E-state index contributed by atoms with van der Waals surface area (Å²) in [7, 11) is 0. The molecule has 0 spiro atoms. The molecule has 3 fully saturated rings. The second kappa shape index (κ2) is 7.63. The average molecular weight is 392 g/mol. The normalized spacial score (nSPS) is 32.2. The van der Waals surface area contributed by atoms with Gasteiger partial charge in [0.1, 0.15) is 0 Å². The molecule has 3 atom stereocenters. The Morgan fingerprint density at radius 1 is 1.04 bits per heavy atom. The van der Waals surface area contributed by atoms with Crippen LogP contribution in [-0.4, -0.2) is 49.1 Å². The number of hydrogen-bond donors (Lipinski definition) is 1. The Kier molecular flexibility index (Phi) is 5.79. The summed E-state index contributed by atoms with van der Waals surface area (Å²) in [6.45, 7) is 11.4. The minimum absolute atomic E-state index is 0. The van der Waals surface area contributed by atoms with Crippen LogP contribution in [0.2, 0.25) is 0 Å². The van der Waals surface area contributed by atoms with Gasteiger partial charge in [0.05, 0.1) is 6.54 Å². The Balaban J connectivity index is 0.00000210. The quantitative estimate of drug-likeness (QED) is 0.852. The van der Waals surface area contributed by atoms with Gasteiger partial charge in [0, 0.05) is 37.4 Å². The van der Waals surface area contributed by atoms with Crippen molar-refractivity contribution >= 4 is 24.0 Å². The van der Waals surface area contributed by atoms with Crippen LogP contribution >= 0.6 is 12.4 Å². The zero-order valence-corrected chi connectivity index (χ0v) is 17.7. The molecule has 5 heteroatoms. The van der Waals surface area contributed by atoms with E-state index in [2.05, 4.69) is 66.2 Å². The lowest BCUT2D eigenvalue weighted by molar-refractivity contribution is -0.126. The van der Waals surface area contributed by atoms with Gasteiger partial charge in [-0.3, -0.25) is 9.69 Å². The van der Waals surface area contributed by atoms with Crippen LogP contribution in [0.3, 0.4) is 0 Å². The summed E-state index contributed by atoms with van der Waals surface area (Å²) in [6, 6.07) is 10.6. The van der Waals surface area contributed by atoms with Gasteiger partial charge in [-0.2, -0.15) is 0 Å². The molecule has 1 saturated heterocycles.